The second-order valence-electron chi connectivity index (χ2n) is 16.3. The first-order chi connectivity index (χ1) is 50.0. The molecule has 0 fully saturated rings. The minimum Gasteiger partial charge on any atom is -0.278 e. The molecule has 0 amide bonds. The third kappa shape index (κ3) is 7.63. The summed E-state index contributed by atoms with van der Waals surface area (Å²) in [6.45, 7) is 0. The standard InChI is InChI=1S/C69H45N5/c1-6-17-46(18-7-1)51-29-31-52(32-30-51)53-27-16-28-58(41-53)67-70-68(73-63-42-54(47-19-8-2-9-20-47)33-37-59(63)60-38-34-55(43-64(60)73)48-21-10-3-11-22-48)72-69(71-67)74-65-44-56(49-23-12-4-13-24-49)35-39-61(65)62-40-36-57(45-66(62)74)50-25-14-5-15-26-50/h1-45H/i2D,3D,4D,5D,8D,9D,10D,11D,12D,13D,14D,15D,19D,20D,21D,22D,23D,24D,25D,26D,33D,34D,35D,36D,37D,38D,39D,40D,42D,43D,44D,45D. The van der Waals surface area contributed by atoms with Crippen molar-refractivity contribution < 1.29 is 43.9 Å². The van der Waals surface area contributed by atoms with Crippen molar-refractivity contribution in [2.45, 2.75) is 0 Å². The predicted molar refractivity (Wildman–Crippen MR) is 307 cm³/mol. The molecule has 0 bridgehead atoms. The van der Waals surface area contributed by atoms with Crippen molar-refractivity contribution in [1.29, 1.82) is 0 Å². The molecule has 0 N–H and O–H groups in total. The molecular weight excluding hydrogens is 899 g/mol. The highest BCUT2D eigenvalue weighted by Gasteiger charge is 2.23. The maximum absolute atomic E-state index is 10.3. The zero-order valence-corrected chi connectivity index (χ0v) is 37.7. The van der Waals surface area contributed by atoms with Gasteiger partial charge in [-0.3, -0.25) is 9.13 Å². The van der Waals surface area contributed by atoms with Crippen LogP contribution in [0.15, 0.2) is 272 Å². The fraction of sp³-hybridized carbons (Fsp3) is 0. The molecule has 346 valence electrons. The zero-order valence-electron chi connectivity index (χ0n) is 69.7. The number of fused-ring (bicyclic) bond motifs is 6. The molecule has 5 heteroatoms. The first-order valence-corrected chi connectivity index (χ1v) is 22.5. The lowest BCUT2D eigenvalue weighted by Gasteiger charge is -2.14. The van der Waals surface area contributed by atoms with Crippen LogP contribution in [0.3, 0.4) is 0 Å². The van der Waals surface area contributed by atoms with E-state index in [1.165, 1.54) is 6.07 Å². The monoisotopic (exact) mass is 976 g/mol. The van der Waals surface area contributed by atoms with Gasteiger partial charge in [0.2, 0.25) is 11.9 Å². The lowest BCUT2D eigenvalue weighted by molar-refractivity contribution is 0.893. The first kappa shape index (κ1) is 21.4. The first-order valence-electron chi connectivity index (χ1n) is 38.5. The van der Waals surface area contributed by atoms with Crippen LogP contribution < -0.4 is 0 Å². The Labute approximate surface area is 473 Å². The molecule has 3 heterocycles. The topological polar surface area (TPSA) is 48.5 Å². The van der Waals surface area contributed by atoms with E-state index in [9.17, 15) is 16.4 Å². The molecule has 5 nitrogen and oxygen atoms in total. The maximum atomic E-state index is 10.3. The van der Waals surface area contributed by atoms with E-state index < -0.39 is 299 Å². The van der Waals surface area contributed by atoms with Gasteiger partial charge in [0.25, 0.3) is 0 Å². The highest BCUT2D eigenvalue weighted by molar-refractivity contribution is 6.12. The van der Waals surface area contributed by atoms with Gasteiger partial charge in [0.05, 0.1) is 65.9 Å². The van der Waals surface area contributed by atoms with Crippen molar-refractivity contribution in [2.75, 3.05) is 0 Å². The Hall–Kier alpha value is -9.97. The maximum Gasteiger partial charge on any atom is 0.240 e. The number of hydrogen-bond acceptors (Lipinski definition) is 3. The van der Waals surface area contributed by atoms with Gasteiger partial charge in [-0.1, -0.05) is 242 Å². The van der Waals surface area contributed by atoms with Crippen molar-refractivity contribution in [3.8, 4) is 90.0 Å². The highest BCUT2D eigenvalue weighted by Crippen LogP contribution is 2.40. The van der Waals surface area contributed by atoms with E-state index in [1.54, 1.807) is 30.3 Å². The van der Waals surface area contributed by atoms with Crippen molar-refractivity contribution in [1.82, 2.24) is 24.1 Å². The summed E-state index contributed by atoms with van der Waals surface area (Å²) >= 11 is 0. The van der Waals surface area contributed by atoms with Crippen molar-refractivity contribution in [2.24, 2.45) is 0 Å². The molecule has 0 atom stereocenters. The molecule has 0 aliphatic carbocycles. The second kappa shape index (κ2) is 18.0. The largest absolute Gasteiger partial charge is 0.278 e. The minimum absolute atomic E-state index is 0.0123. The Morgan fingerprint density at radius 1 is 0.257 bits per heavy atom. The number of rotatable bonds is 9. The van der Waals surface area contributed by atoms with Crippen LogP contribution in [-0.2, 0) is 0 Å². The molecule has 0 unspecified atom stereocenters. The molecule has 3 aromatic heterocycles. The minimum atomic E-state index is -1.01. The summed E-state index contributed by atoms with van der Waals surface area (Å²) in [5, 5.41) is -2.61. The van der Waals surface area contributed by atoms with Gasteiger partial charge in [0.1, 0.15) is 0 Å². The van der Waals surface area contributed by atoms with Crippen LogP contribution in [0.1, 0.15) is 43.9 Å². The molecule has 14 rings (SSSR count). The molecule has 0 saturated carbocycles. The molecule has 74 heavy (non-hydrogen) atoms. The highest BCUT2D eigenvalue weighted by atomic mass is 15.3. The average Bonchev–Trinajstić information content (AvgIpc) is 1.53. The van der Waals surface area contributed by atoms with E-state index in [4.69, 9.17) is 42.4 Å². The number of nitrogens with zero attached hydrogens (tertiary/aromatic N) is 5. The number of hydrogen-bond donors (Lipinski definition) is 0. The van der Waals surface area contributed by atoms with Gasteiger partial charge in [-0.2, -0.15) is 15.0 Å². The van der Waals surface area contributed by atoms with Gasteiger partial charge in [0.15, 0.2) is 5.82 Å². The van der Waals surface area contributed by atoms with Crippen LogP contribution >= 0.6 is 0 Å². The number of benzene rings is 11. The zero-order chi connectivity index (χ0) is 76.8. The Morgan fingerprint density at radius 3 is 0.959 bits per heavy atom. The van der Waals surface area contributed by atoms with Crippen LogP contribution in [0, 0.1) is 0 Å². The van der Waals surface area contributed by atoms with Gasteiger partial charge < -0.3 is 0 Å². The molecule has 0 aliphatic rings. The van der Waals surface area contributed by atoms with Crippen LogP contribution in [0.5, 0.6) is 0 Å². The lowest BCUT2D eigenvalue weighted by Crippen LogP contribution is -2.10. The predicted octanol–water partition coefficient (Wildman–Crippen LogP) is 17.7. The average molecular weight is 976 g/mol. The Balaban J connectivity index is 1.24. The van der Waals surface area contributed by atoms with Crippen molar-refractivity contribution in [3.05, 3.63) is 272 Å². The Morgan fingerprint density at radius 2 is 0.581 bits per heavy atom. The molecule has 0 aliphatic heterocycles. The fourth-order valence-electron chi connectivity index (χ4n) is 8.61. The summed E-state index contributed by atoms with van der Waals surface area (Å²) in [6, 6.07) is -8.03. The summed E-state index contributed by atoms with van der Waals surface area (Å²) < 4.78 is 297. The Bertz CT molecular complexity index is 5630. The van der Waals surface area contributed by atoms with E-state index in [2.05, 4.69) is 0 Å². The molecular formula is C69H45N5. The second-order valence-corrected chi connectivity index (χ2v) is 16.3. The molecule has 0 saturated heterocycles. The van der Waals surface area contributed by atoms with E-state index in [1.807, 2.05) is 42.5 Å². The van der Waals surface area contributed by atoms with Gasteiger partial charge in [-0.05, 0) is 97.0 Å². The van der Waals surface area contributed by atoms with Crippen LogP contribution in [0.2, 0.25) is 0 Å². The van der Waals surface area contributed by atoms with E-state index in [-0.39, 0.29) is 5.56 Å². The molecule has 11 aromatic carbocycles. The third-order valence-corrected chi connectivity index (χ3v) is 12.0. The molecule has 0 spiro atoms. The number of aromatic nitrogens is 5. The smallest absolute Gasteiger partial charge is 0.240 e. The summed E-state index contributed by atoms with van der Waals surface area (Å²) in [5.41, 5.74) is -6.79. The normalized spacial score (nSPS) is 17.6. The van der Waals surface area contributed by atoms with Crippen LogP contribution in [0.25, 0.3) is 134 Å². The van der Waals surface area contributed by atoms with Crippen molar-refractivity contribution >= 4 is 43.6 Å². The van der Waals surface area contributed by atoms with Crippen LogP contribution in [-0.4, -0.2) is 24.1 Å². The molecule has 0 radical (unpaired) electrons. The third-order valence-electron chi connectivity index (χ3n) is 12.0. The SMILES string of the molecule is [2H]c1c([2H])c([2H])c(-c2c([2H])c([2H])c3c4c([2H])c([2H])c(-c5c([2H])c([2H])c([2H])c([2H])c5[2H])c([2H])c4n(-c4nc(-c5cccc(-c6ccc(-c7ccccc7)cc6)c5)nc(-n5c6c([2H])c(-c7c([2H])c([2H])c([2H])c([2H])c7[2H])c([2H])c([2H])c6c6c([2H])c([2H])c(-c7c([2H])c([2H])c([2H])c([2H])c7[2H])c([2H])c65)n4)c3c2[2H])c([2H])c1[2H]. The summed E-state index contributed by atoms with van der Waals surface area (Å²) in [4.78, 5) is 14.9. The summed E-state index contributed by atoms with van der Waals surface area (Å²) in [5.74, 6) is -2.30. The van der Waals surface area contributed by atoms with Crippen LogP contribution in [0.4, 0.5) is 0 Å². The molecule has 14 aromatic rings. The fourth-order valence-corrected chi connectivity index (χ4v) is 8.61. The van der Waals surface area contributed by atoms with Gasteiger partial charge in [-0.25, -0.2) is 0 Å². The van der Waals surface area contributed by atoms with Gasteiger partial charge in [-0.15, -0.1) is 0 Å². The van der Waals surface area contributed by atoms with Gasteiger partial charge >= 0.3 is 0 Å². The van der Waals surface area contributed by atoms with E-state index >= 15 is 0 Å². The van der Waals surface area contributed by atoms with E-state index in [0.717, 1.165) is 20.3 Å². The summed E-state index contributed by atoms with van der Waals surface area (Å²) in [6.07, 6.45) is 0. The summed E-state index contributed by atoms with van der Waals surface area (Å²) in [7, 11) is 0. The lowest BCUT2D eigenvalue weighted by atomic mass is 9.99. The van der Waals surface area contributed by atoms with Gasteiger partial charge in [0, 0.05) is 27.1 Å². The van der Waals surface area contributed by atoms with Crippen molar-refractivity contribution in [3.63, 3.8) is 0 Å². The Kier molecular flexibility index (Phi) is 5.21. The quantitative estimate of drug-likeness (QED) is 0.145. The van der Waals surface area contributed by atoms with E-state index in [0.29, 0.717) is 11.1 Å².